The maximum absolute atomic E-state index is 13.2. The molecule has 1 heterocycles. The summed E-state index contributed by atoms with van der Waals surface area (Å²) in [6.07, 6.45) is -0.252. The number of hydrogen-bond acceptors (Lipinski definition) is 3. The molecule has 1 unspecified atom stereocenters. The van der Waals surface area contributed by atoms with Crippen LogP contribution >= 0.6 is 0 Å². The summed E-state index contributed by atoms with van der Waals surface area (Å²) in [5.74, 6) is 0.704. The molecule has 0 aromatic heterocycles. The number of carbonyl (C=O) groups is 1. The van der Waals surface area contributed by atoms with E-state index in [0.717, 1.165) is 0 Å². The van der Waals surface area contributed by atoms with Crippen LogP contribution in [-0.2, 0) is 0 Å². The van der Waals surface area contributed by atoms with Crippen molar-refractivity contribution >= 4 is 5.91 Å². The third-order valence-corrected chi connectivity index (χ3v) is 3.46. The van der Waals surface area contributed by atoms with Gasteiger partial charge in [0.1, 0.15) is 12.4 Å². The molecule has 0 fully saturated rings. The van der Waals surface area contributed by atoms with E-state index in [1.165, 1.54) is 23.1 Å². The van der Waals surface area contributed by atoms with Gasteiger partial charge in [0.2, 0.25) is 0 Å². The molecule has 1 amide bonds. The van der Waals surface area contributed by atoms with Gasteiger partial charge in [-0.25, -0.2) is 4.39 Å². The summed E-state index contributed by atoms with van der Waals surface area (Å²) in [5.41, 5.74) is 0.319. The Kier molecular flexibility index (Phi) is 3.96. The molecule has 114 valence electrons. The lowest BCUT2D eigenvalue weighted by Crippen LogP contribution is -2.41. The first kappa shape index (κ1) is 14.4. The van der Waals surface area contributed by atoms with Crippen LogP contribution in [0.5, 0.6) is 11.5 Å². The number of benzene rings is 2. The molecule has 1 atom stereocenters. The summed E-state index contributed by atoms with van der Waals surface area (Å²) in [6.45, 7) is 0.738. The van der Waals surface area contributed by atoms with Crippen LogP contribution in [0.1, 0.15) is 10.4 Å². The first-order chi connectivity index (χ1) is 10.6. The minimum absolute atomic E-state index is 0.248. The van der Waals surface area contributed by atoms with Gasteiger partial charge in [-0.3, -0.25) is 4.79 Å². The normalized spacial score (nSPS) is 16.2. The molecule has 0 bridgehead atoms. The predicted molar refractivity (Wildman–Crippen MR) is 79.7 cm³/mol. The molecule has 0 spiro atoms. The molecule has 5 heteroatoms. The van der Waals surface area contributed by atoms with Crippen molar-refractivity contribution in [2.24, 2.45) is 0 Å². The van der Waals surface area contributed by atoms with Crippen LogP contribution in [0.15, 0.2) is 48.5 Å². The van der Waals surface area contributed by atoms with Crippen LogP contribution in [0.2, 0.25) is 0 Å². The Hall–Kier alpha value is -2.56. The van der Waals surface area contributed by atoms with Crippen LogP contribution in [0, 0.1) is 5.82 Å². The van der Waals surface area contributed by atoms with Gasteiger partial charge < -0.3 is 14.4 Å². The van der Waals surface area contributed by atoms with Crippen LogP contribution < -0.4 is 9.47 Å². The topological polar surface area (TPSA) is 38.8 Å². The first-order valence-corrected chi connectivity index (χ1v) is 7.03. The van der Waals surface area contributed by atoms with Crippen LogP contribution in [0.25, 0.3) is 0 Å². The van der Waals surface area contributed by atoms with Crippen molar-refractivity contribution in [3.05, 3.63) is 59.9 Å². The zero-order valence-corrected chi connectivity index (χ0v) is 12.2. The molecule has 1 aliphatic rings. The minimum atomic E-state index is -0.426. The lowest BCUT2D eigenvalue weighted by atomic mass is 10.2. The second-order valence-electron chi connectivity index (χ2n) is 5.19. The number of rotatable bonds is 3. The largest absolute Gasteiger partial charge is 0.486 e. The van der Waals surface area contributed by atoms with Crippen molar-refractivity contribution in [1.29, 1.82) is 0 Å². The summed E-state index contributed by atoms with van der Waals surface area (Å²) in [6, 6.07) is 13.1. The minimum Gasteiger partial charge on any atom is -0.486 e. The molecule has 2 aromatic rings. The number of fused-ring (bicyclic) bond motifs is 1. The molecular weight excluding hydrogens is 285 g/mol. The summed E-state index contributed by atoms with van der Waals surface area (Å²) >= 11 is 0. The number of halogens is 1. The predicted octanol–water partition coefficient (Wildman–Crippen LogP) is 2.74. The Balaban J connectivity index is 1.65. The van der Waals surface area contributed by atoms with E-state index >= 15 is 0 Å². The molecular formula is C17H16FNO3. The monoisotopic (exact) mass is 301 g/mol. The van der Waals surface area contributed by atoms with Gasteiger partial charge in [0.05, 0.1) is 6.54 Å². The van der Waals surface area contributed by atoms with E-state index < -0.39 is 5.82 Å². The van der Waals surface area contributed by atoms with Gasteiger partial charge in [-0.1, -0.05) is 18.2 Å². The zero-order valence-electron chi connectivity index (χ0n) is 12.2. The Morgan fingerprint density at radius 3 is 2.77 bits per heavy atom. The molecule has 0 N–H and O–H groups in total. The van der Waals surface area contributed by atoms with Gasteiger partial charge >= 0.3 is 0 Å². The molecule has 3 rings (SSSR count). The van der Waals surface area contributed by atoms with Gasteiger partial charge in [-0.15, -0.1) is 0 Å². The maximum atomic E-state index is 13.2. The number of carbonyl (C=O) groups excluding carboxylic acids is 1. The number of ether oxygens (including phenoxy) is 2. The van der Waals surface area contributed by atoms with Crippen molar-refractivity contribution in [3.8, 4) is 11.5 Å². The van der Waals surface area contributed by atoms with E-state index in [9.17, 15) is 9.18 Å². The number of para-hydroxylation sites is 2. The first-order valence-electron chi connectivity index (χ1n) is 7.03. The smallest absolute Gasteiger partial charge is 0.253 e. The Labute approximate surface area is 128 Å². The van der Waals surface area contributed by atoms with E-state index in [0.29, 0.717) is 30.2 Å². The average molecular weight is 301 g/mol. The lowest BCUT2D eigenvalue weighted by Gasteiger charge is -2.29. The van der Waals surface area contributed by atoms with E-state index in [1.54, 1.807) is 13.1 Å². The Morgan fingerprint density at radius 1 is 1.23 bits per heavy atom. The van der Waals surface area contributed by atoms with Crippen molar-refractivity contribution < 1.29 is 18.7 Å². The van der Waals surface area contributed by atoms with Crippen LogP contribution in [0.4, 0.5) is 4.39 Å². The summed E-state index contributed by atoms with van der Waals surface area (Å²) in [5, 5.41) is 0. The molecule has 1 aliphatic heterocycles. The Morgan fingerprint density at radius 2 is 2.00 bits per heavy atom. The molecule has 0 aliphatic carbocycles. The van der Waals surface area contributed by atoms with E-state index in [-0.39, 0.29) is 12.0 Å². The fraction of sp³-hybridized carbons (Fsp3) is 0.235. The van der Waals surface area contributed by atoms with Gasteiger partial charge in [0.25, 0.3) is 5.91 Å². The molecule has 0 saturated carbocycles. The van der Waals surface area contributed by atoms with Gasteiger partial charge in [0, 0.05) is 12.6 Å². The number of hydrogen-bond donors (Lipinski definition) is 0. The number of likely N-dealkylation sites (N-methyl/N-ethyl adjacent to an activating group) is 1. The molecule has 2 aromatic carbocycles. The van der Waals surface area contributed by atoms with Crippen LogP contribution in [0.3, 0.4) is 0 Å². The van der Waals surface area contributed by atoms with Gasteiger partial charge in [-0.05, 0) is 30.3 Å². The average Bonchev–Trinajstić information content (AvgIpc) is 2.54. The highest BCUT2D eigenvalue weighted by Crippen LogP contribution is 2.31. The van der Waals surface area contributed by atoms with Crippen molar-refractivity contribution in [1.82, 2.24) is 4.90 Å². The fourth-order valence-electron chi connectivity index (χ4n) is 2.38. The standard InChI is InChI=1S/C17H16FNO3/c1-19(17(20)12-5-4-6-13(18)9-12)10-14-11-21-15-7-2-3-8-16(15)22-14/h2-9,14H,10-11H2,1H3. The lowest BCUT2D eigenvalue weighted by molar-refractivity contribution is 0.0520. The summed E-state index contributed by atoms with van der Waals surface area (Å²) in [4.78, 5) is 13.8. The summed E-state index contributed by atoms with van der Waals surface area (Å²) < 4.78 is 24.6. The SMILES string of the molecule is CN(CC1COc2ccccc2O1)C(=O)c1cccc(F)c1. The zero-order chi connectivity index (χ0) is 15.5. The van der Waals surface area contributed by atoms with Crippen molar-refractivity contribution in [2.45, 2.75) is 6.10 Å². The highest BCUT2D eigenvalue weighted by molar-refractivity contribution is 5.94. The molecule has 22 heavy (non-hydrogen) atoms. The molecule has 0 saturated heterocycles. The van der Waals surface area contributed by atoms with E-state index in [1.807, 2.05) is 24.3 Å². The second-order valence-corrected chi connectivity index (χ2v) is 5.19. The van der Waals surface area contributed by atoms with Crippen LogP contribution in [-0.4, -0.2) is 37.1 Å². The third-order valence-electron chi connectivity index (χ3n) is 3.46. The summed E-state index contributed by atoms with van der Waals surface area (Å²) in [7, 11) is 1.66. The highest BCUT2D eigenvalue weighted by Gasteiger charge is 2.24. The quantitative estimate of drug-likeness (QED) is 0.875. The second kappa shape index (κ2) is 6.05. The fourth-order valence-corrected chi connectivity index (χ4v) is 2.38. The van der Waals surface area contributed by atoms with E-state index in [4.69, 9.17) is 9.47 Å². The number of amides is 1. The third kappa shape index (κ3) is 3.03. The molecule has 4 nitrogen and oxygen atoms in total. The Bertz CT molecular complexity index is 689. The van der Waals surface area contributed by atoms with Gasteiger partial charge in [0.15, 0.2) is 17.6 Å². The van der Waals surface area contributed by atoms with Crippen molar-refractivity contribution in [3.63, 3.8) is 0 Å². The highest BCUT2D eigenvalue weighted by atomic mass is 19.1. The maximum Gasteiger partial charge on any atom is 0.253 e. The van der Waals surface area contributed by atoms with Gasteiger partial charge in [-0.2, -0.15) is 0 Å². The van der Waals surface area contributed by atoms with Crippen molar-refractivity contribution in [2.75, 3.05) is 20.2 Å². The number of nitrogens with zero attached hydrogens (tertiary/aromatic N) is 1. The van der Waals surface area contributed by atoms with E-state index in [2.05, 4.69) is 0 Å². The molecule has 0 radical (unpaired) electrons.